The van der Waals surface area contributed by atoms with Crippen LogP contribution in [0.25, 0.3) is 11.0 Å². The molecule has 92 valence electrons. The second-order valence-corrected chi connectivity index (χ2v) is 5.27. The summed E-state index contributed by atoms with van der Waals surface area (Å²) in [5.74, 6) is -1.41. The average molecular weight is 239 g/mol. The van der Waals surface area contributed by atoms with Gasteiger partial charge in [0.1, 0.15) is 5.76 Å². The van der Waals surface area contributed by atoms with E-state index < -0.39 is 11.6 Å². The van der Waals surface area contributed by atoms with Crippen molar-refractivity contribution < 1.29 is 13.2 Å². The van der Waals surface area contributed by atoms with Crippen LogP contribution >= 0.6 is 0 Å². The van der Waals surface area contributed by atoms with E-state index in [2.05, 4.69) is 0 Å². The van der Waals surface area contributed by atoms with Crippen molar-refractivity contribution in [2.45, 2.75) is 26.8 Å². The average Bonchev–Trinajstić information content (AvgIpc) is 2.65. The highest BCUT2D eigenvalue weighted by Gasteiger charge is 2.26. The van der Waals surface area contributed by atoms with Crippen LogP contribution in [0.4, 0.5) is 8.78 Å². The van der Waals surface area contributed by atoms with Crippen molar-refractivity contribution in [1.82, 2.24) is 0 Å². The standard InChI is InChI=1S/C13H15F2NO/c1-13(2,3)12(16)9-6-7-4-5-8(14)10(15)11(7)17-9/h4-6,12H,16H2,1-3H3. The summed E-state index contributed by atoms with van der Waals surface area (Å²) in [7, 11) is 0. The maximum Gasteiger partial charge on any atom is 0.201 e. The maximum absolute atomic E-state index is 13.5. The Labute approximate surface area is 98.4 Å². The second kappa shape index (κ2) is 3.81. The minimum atomic E-state index is -0.963. The Hall–Kier alpha value is -1.42. The summed E-state index contributed by atoms with van der Waals surface area (Å²) in [6.07, 6.45) is 0. The molecule has 2 aromatic rings. The fourth-order valence-electron chi connectivity index (χ4n) is 1.64. The van der Waals surface area contributed by atoms with E-state index in [0.29, 0.717) is 11.1 Å². The number of hydrogen-bond acceptors (Lipinski definition) is 2. The lowest BCUT2D eigenvalue weighted by atomic mass is 9.86. The molecule has 17 heavy (non-hydrogen) atoms. The van der Waals surface area contributed by atoms with Crippen molar-refractivity contribution in [3.05, 3.63) is 35.6 Å². The van der Waals surface area contributed by atoms with Gasteiger partial charge >= 0.3 is 0 Å². The van der Waals surface area contributed by atoms with Gasteiger partial charge in [0.2, 0.25) is 5.82 Å². The van der Waals surface area contributed by atoms with Gasteiger partial charge in [0.05, 0.1) is 6.04 Å². The Morgan fingerprint density at radius 1 is 1.24 bits per heavy atom. The van der Waals surface area contributed by atoms with Crippen LogP contribution in [0.5, 0.6) is 0 Å². The highest BCUT2D eigenvalue weighted by Crippen LogP contribution is 2.34. The second-order valence-electron chi connectivity index (χ2n) is 5.27. The van der Waals surface area contributed by atoms with Crippen molar-refractivity contribution in [2.75, 3.05) is 0 Å². The molecule has 1 aromatic carbocycles. The van der Waals surface area contributed by atoms with E-state index in [4.69, 9.17) is 10.2 Å². The van der Waals surface area contributed by atoms with E-state index in [1.165, 1.54) is 6.07 Å². The third-order valence-electron chi connectivity index (χ3n) is 2.84. The number of furan rings is 1. The highest BCUT2D eigenvalue weighted by molar-refractivity contribution is 5.78. The molecule has 0 saturated heterocycles. The predicted molar refractivity (Wildman–Crippen MR) is 62.5 cm³/mol. The molecule has 0 radical (unpaired) electrons. The molecule has 0 spiro atoms. The number of fused-ring (bicyclic) bond motifs is 1. The molecule has 1 atom stereocenters. The van der Waals surface area contributed by atoms with Gasteiger partial charge in [-0.05, 0) is 23.6 Å². The van der Waals surface area contributed by atoms with E-state index in [1.807, 2.05) is 20.8 Å². The van der Waals surface area contributed by atoms with Gasteiger partial charge in [0.25, 0.3) is 0 Å². The predicted octanol–water partition coefficient (Wildman–Crippen LogP) is 3.76. The SMILES string of the molecule is CC(C)(C)C(N)c1cc2ccc(F)c(F)c2o1. The number of nitrogens with two attached hydrogens (primary N) is 1. The van der Waals surface area contributed by atoms with E-state index in [1.54, 1.807) is 6.07 Å². The summed E-state index contributed by atoms with van der Waals surface area (Å²) in [5, 5.41) is 0.526. The van der Waals surface area contributed by atoms with Gasteiger partial charge in [0, 0.05) is 5.39 Å². The largest absolute Gasteiger partial charge is 0.456 e. The van der Waals surface area contributed by atoms with Gasteiger partial charge in [0.15, 0.2) is 11.4 Å². The molecule has 2 N–H and O–H groups in total. The first-order chi connectivity index (χ1) is 7.80. The van der Waals surface area contributed by atoms with Crippen LogP contribution in [-0.2, 0) is 0 Å². The maximum atomic E-state index is 13.5. The monoisotopic (exact) mass is 239 g/mol. The molecule has 0 aliphatic rings. The molecular formula is C13H15F2NO. The van der Waals surface area contributed by atoms with Crippen LogP contribution < -0.4 is 5.73 Å². The fraction of sp³-hybridized carbons (Fsp3) is 0.385. The molecule has 1 heterocycles. The van der Waals surface area contributed by atoms with Crippen LogP contribution in [0.15, 0.2) is 22.6 Å². The van der Waals surface area contributed by atoms with Crippen molar-refractivity contribution >= 4 is 11.0 Å². The topological polar surface area (TPSA) is 39.2 Å². The smallest absolute Gasteiger partial charge is 0.201 e. The molecule has 0 amide bonds. The van der Waals surface area contributed by atoms with Crippen molar-refractivity contribution in [1.29, 1.82) is 0 Å². The third-order valence-corrected chi connectivity index (χ3v) is 2.84. The summed E-state index contributed by atoms with van der Waals surface area (Å²) in [5.41, 5.74) is 5.74. The van der Waals surface area contributed by atoms with Crippen LogP contribution in [0.3, 0.4) is 0 Å². The number of rotatable bonds is 1. The van der Waals surface area contributed by atoms with Gasteiger partial charge in [-0.3, -0.25) is 0 Å². The van der Waals surface area contributed by atoms with E-state index in [0.717, 1.165) is 6.07 Å². The molecule has 1 aromatic heterocycles. The van der Waals surface area contributed by atoms with Crippen LogP contribution in [0.2, 0.25) is 0 Å². The summed E-state index contributed by atoms with van der Waals surface area (Å²) in [4.78, 5) is 0. The van der Waals surface area contributed by atoms with Gasteiger partial charge in [-0.15, -0.1) is 0 Å². The molecule has 4 heteroatoms. The Balaban J connectivity index is 2.56. The summed E-state index contributed by atoms with van der Waals surface area (Å²) in [6, 6.07) is 3.86. The molecule has 0 aliphatic heterocycles. The van der Waals surface area contributed by atoms with Crippen molar-refractivity contribution in [3.63, 3.8) is 0 Å². The van der Waals surface area contributed by atoms with Gasteiger partial charge in [-0.2, -0.15) is 4.39 Å². The summed E-state index contributed by atoms with van der Waals surface area (Å²) >= 11 is 0. The quantitative estimate of drug-likeness (QED) is 0.823. The van der Waals surface area contributed by atoms with E-state index in [-0.39, 0.29) is 17.0 Å². The fourth-order valence-corrected chi connectivity index (χ4v) is 1.64. The minimum Gasteiger partial charge on any atom is -0.456 e. The molecule has 0 aliphatic carbocycles. The summed E-state index contributed by atoms with van der Waals surface area (Å²) < 4.78 is 31.8. The lowest BCUT2D eigenvalue weighted by Crippen LogP contribution is -2.25. The number of hydrogen-bond donors (Lipinski definition) is 1. The van der Waals surface area contributed by atoms with Gasteiger partial charge in [-0.1, -0.05) is 20.8 Å². The van der Waals surface area contributed by atoms with E-state index >= 15 is 0 Å². The lowest BCUT2D eigenvalue weighted by molar-refractivity contribution is 0.289. The molecule has 1 unspecified atom stereocenters. The third kappa shape index (κ3) is 2.05. The number of halogens is 2. The Morgan fingerprint density at radius 2 is 1.88 bits per heavy atom. The Bertz CT molecular complexity index is 554. The zero-order chi connectivity index (χ0) is 12.8. The Kier molecular flexibility index (Phi) is 2.70. The highest BCUT2D eigenvalue weighted by atomic mass is 19.2. The zero-order valence-electron chi connectivity index (χ0n) is 10.1. The van der Waals surface area contributed by atoms with Crippen LogP contribution in [-0.4, -0.2) is 0 Å². The van der Waals surface area contributed by atoms with E-state index in [9.17, 15) is 8.78 Å². The molecular weight excluding hydrogens is 224 g/mol. The molecule has 0 fully saturated rings. The molecule has 0 bridgehead atoms. The lowest BCUT2D eigenvalue weighted by Gasteiger charge is -2.24. The van der Waals surface area contributed by atoms with Crippen LogP contribution in [0.1, 0.15) is 32.6 Å². The normalized spacial score (nSPS) is 14.2. The molecule has 0 saturated carbocycles. The first-order valence-corrected chi connectivity index (χ1v) is 5.43. The zero-order valence-corrected chi connectivity index (χ0v) is 10.1. The minimum absolute atomic E-state index is 0.0697. The van der Waals surface area contributed by atoms with Gasteiger partial charge < -0.3 is 10.2 Å². The Morgan fingerprint density at radius 3 is 2.47 bits per heavy atom. The first-order valence-electron chi connectivity index (χ1n) is 5.43. The number of benzene rings is 1. The summed E-state index contributed by atoms with van der Waals surface area (Å²) in [6.45, 7) is 5.88. The van der Waals surface area contributed by atoms with Crippen molar-refractivity contribution in [3.8, 4) is 0 Å². The molecule has 2 nitrogen and oxygen atoms in total. The molecule has 2 rings (SSSR count). The first kappa shape index (κ1) is 12.0. The van der Waals surface area contributed by atoms with Gasteiger partial charge in [-0.25, -0.2) is 4.39 Å². The van der Waals surface area contributed by atoms with Crippen LogP contribution in [0, 0.1) is 17.0 Å². The van der Waals surface area contributed by atoms with Crippen molar-refractivity contribution in [2.24, 2.45) is 11.1 Å².